The molecule has 27 heavy (non-hydrogen) atoms. The van der Waals surface area contributed by atoms with Crippen LogP contribution in [0.25, 0.3) is 0 Å². The van der Waals surface area contributed by atoms with E-state index in [9.17, 15) is 13.2 Å². The molecule has 2 saturated heterocycles. The Kier molecular flexibility index (Phi) is 6.52. The maximum atomic E-state index is 12.7. The number of carbonyl (C=O) groups excluding carboxylic acids is 1. The Labute approximate surface area is 162 Å². The van der Waals surface area contributed by atoms with Crippen LogP contribution in [0.2, 0.25) is 0 Å². The molecule has 2 unspecified atom stereocenters. The molecule has 1 aromatic rings. The lowest BCUT2D eigenvalue weighted by Crippen LogP contribution is -2.55. The molecule has 2 aliphatic rings. The van der Waals surface area contributed by atoms with Crippen LogP contribution in [0.1, 0.15) is 25.3 Å². The summed E-state index contributed by atoms with van der Waals surface area (Å²) >= 11 is 0. The van der Waals surface area contributed by atoms with Crippen molar-refractivity contribution >= 4 is 15.9 Å². The van der Waals surface area contributed by atoms with E-state index in [1.165, 1.54) is 4.31 Å². The topological polar surface area (TPSA) is 81.8 Å². The van der Waals surface area contributed by atoms with Gasteiger partial charge in [0, 0.05) is 38.3 Å². The largest absolute Gasteiger partial charge is 0.351 e. The molecule has 2 fully saturated rings. The molecule has 3 rings (SSSR count). The van der Waals surface area contributed by atoms with Crippen molar-refractivity contribution in [1.82, 2.24) is 19.8 Å². The third-order valence-corrected chi connectivity index (χ3v) is 7.38. The number of piperazine rings is 1. The number of aryl methyl sites for hydroxylation is 1. The van der Waals surface area contributed by atoms with Crippen molar-refractivity contribution in [2.75, 3.05) is 39.3 Å². The Bertz CT molecular complexity index is 743. The van der Waals surface area contributed by atoms with E-state index in [4.69, 9.17) is 0 Å². The molecule has 0 bridgehead atoms. The number of rotatable bonds is 5. The van der Waals surface area contributed by atoms with Gasteiger partial charge in [-0.2, -0.15) is 4.31 Å². The normalized spacial score (nSPS) is 25.3. The molecule has 2 atom stereocenters. The zero-order valence-corrected chi connectivity index (χ0v) is 17.0. The summed E-state index contributed by atoms with van der Waals surface area (Å²) in [6.45, 7) is 7.31. The molecule has 0 spiro atoms. The number of piperidine rings is 1. The highest BCUT2D eigenvalue weighted by Gasteiger charge is 2.29. The predicted molar refractivity (Wildman–Crippen MR) is 105 cm³/mol. The van der Waals surface area contributed by atoms with Crippen molar-refractivity contribution in [3.05, 3.63) is 29.8 Å². The van der Waals surface area contributed by atoms with Crippen LogP contribution in [-0.2, 0) is 14.8 Å². The van der Waals surface area contributed by atoms with Gasteiger partial charge in [-0.25, -0.2) is 8.42 Å². The minimum absolute atomic E-state index is 0.0189. The van der Waals surface area contributed by atoms with Crippen LogP contribution in [0.3, 0.4) is 0 Å². The Morgan fingerprint density at radius 3 is 2.48 bits per heavy atom. The average molecular weight is 395 g/mol. The van der Waals surface area contributed by atoms with Crippen LogP contribution in [0.5, 0.6) is 0 Å². The van der Waals surface area contributed by atoms with Crippen molar-refractivity contribution < 1.29 is 13.2 Å². The zero-order chi connectivity index (χ0) is 19.4. The third-order valence-electron chi connectivity index (χ3n) is 5.47. The molecule has 2 heterocycles. The van der Waals surface area contributed by atoms with E-state index in [-0.39, 0.29) is 11.9 Å². The molecule has 0 radical (unpaired) electrons. The van der Waals surface area contributed by atoms with Gasteiger partial charge in [-0.05, 0) is 45.4 Å². The van der Waals surface area contributed by atoms with E-state index in [1.807, 2.05) is 24.0 Å². The standard InChI is InChI=1S/C19H30N4O3S/c1-15-5-7-17(8-6-15)27(25,26)23-12-10-22(11-13-23)14-19(24)21-18-4-3-9-20-16(18)2/h5-8,16,18,20H,3-4,9-14H2,1-2H3,(H,21,24). The molecule has 7 nitrogen and oxygen atoms in total. The molecule has 2 N–H and O–H groups in total. The van der Waals surface area contributed by atoms with Crippen molar-refractivity contribution in [2.24, 2.45) is 0 Å². The summed E-state index contributed by atoms with van der Waals surface area (Å²) in [6, 6.07) is 7.41. The van der Waals surface area contributed by atoms with Crippen LogP contribution >= 0.6 is 0 Å². The molecule has 2 aliphatic heterocycles. The zero-order valence-electron chi connectivity index (χ0n) is 16.1. The van der Waals surface area contributed by atoms with Gasteiger partial charge >= 0.3 is 0 Å². The number of hydrogen-bond donors (Lipinski definition) is 2. The summed E-state index contributed by atoms with van der Waals surface area (Å²) in [7, 11) is -3.46. The summed E-state index contributed by atoms with van der Waals surface area (Å²) in [5, 5.41) is 6.49. The first-order chi connectivity index (χ1) is 12.9. The van der Waals surface area contributed by atoms with Gasteiger partial charge in [0.25, 0.3) is 0 Å². The number of nitrogens with one attached hydrogen (secondary N) is 2. The van der Waals surface area contributed by atoms with E-state index in [1.54, 1.807) is 12.1 Å². The molecular formula is C19H30N4O3S. The minimum Gasteiger partial charge on any atom is -0.351 e. The van der Waals surface area contributed by atoms with Gasteiger partial charge in [-0.15, -0.1) is 0 Å². The first-order valence-corrected chi connectivity index (χ1v) is 11.1. The number of carbonyl (C=O) groups is 1. The van der Waals surface area contributed by atoms with Crippen LogP contribution < -0.4 is 10.6 Å². The highest BCUT2D eigenvalue weighted by Crippen LogP contribution is 2.18. The number of benzene rings is 1. The Balaban J connectivity index is 1.49. The molecule has 0 aromatic heterocycles. The fourth-order valence-corrected chi connectivity index (χ4v) is 5.11. The summed E-state index contributed by atoms with van der Waals surface area (Å²) in [5.74, 6) is 0.0189. The first-order valence-electron chi connectivity index (χ1n) is 9.68. The molecule has 1 aromatic carbocycles. The molecule has 150 valence electrons. The SMILES string of the molecule is Cc1ccc(S(=O)(=O)N2CCN(CC(=O)NC3CCCNC3C)CC2)cc1. The van der Waals surface area contributed by atoms with Crippen LogP contribution in [0, 0.1) is 6.92 Å². The monoisotopic (exact) mass is 394 g/mol. The maximum Gasteiger partial charge on any atom is 0.243 e. The smallest absolute Gasteiger partial charge is 0.243 e. The second kappa shape index (κ2) is 8.68. The van der Waals surface area contributed by atoms with Gasteiger partial charge in [-0.3, -0.25) is 9.69 Å². The van der Waals surface area contributed by atoms with Gasteiger partial charge in [0.2, 0.25) is 15.9 Å². The predicted octanol–water partition coefficient (Wildman–Crippen LogP) is 0.558. The van der Waals surface area contributed by atoms with Crippen molar-refractivity contribution in [2.45, 2.75) is 43.7 Å². The third kappa shape index (κ3) is 5.07. The molecule has 1 amide bonds. The average Bonchev–Trinajstić information content (AvgIpc) is 2.64. The van der Waals surface area contributed by atoms with E-state index in [0.717, 1.165) is 24.9 Å². The maximum absolute atomic E-state index is 12.7. The van der Waals surface area contributed by atoms with Gasteiger partial charge in [-0.1, -0.05) is 17.7 Å². The van der Waals surface area contributed by atoms with Gasteiger partial charge in [0.15, 0.2) is 0 Å². The summed E-state index contributed by atoms with van der Waals surface area (Å²) < 4.78 is 27.0. The molecule has 8 heteroatoms. The van der Waals surface area contributed by atoms with Gasteiger partial charge in [0.05, 0.1) is 11.4 Å². The van der Waals surface area contributed by atoms with Crippen LogP contribution in [0.15, 0.2) is 29.2 Å². The Hall–Kier alpha value is -1.48. The number of sulfonamides is 1. The second-order valence-corrected chi connectivity index (χ2v) is 9.49. The Morgan fingerprint density at radius 2 is 1.85 bits per heavy atom. The van der Waals surface area contributed by atoms with Crippen molar-refractivity contribution in [1.29, 1.82) is 0 Å². The number of amides is 1. The summed E-state index contributed by atoms with van der Waals surface area (Å²) in [4.78, 5) is 14.7. The van der Waals surface area contributed by atoms with E-state index in [0.29, 0.717) is 43.7 Å². The lowest BCUT2D eigenvalue weighted by Gasteiger charge is -2.35. The second-order valence-electron chi connectivity index (χ2n) is 7.55. The summed E-state index contributed by atoms with van der Waals surface area (Å²) in [6.07, 6.45) is 2.08. The first kappa shape index (κ1) is 20.3. The fraction of sp³-hybridized carbons (Fsp3) is 0.632. The Morgan fingerprint density at radius 1 is 1.19 bits per heavy atom. The highest BCUT2D eigenvalue weighted by molar-refractivity contribution is 7.89. The van der Waals surface area contributed by atoms with Crippen LogP contribution in [0.4, 0.5) is 0 Å². The lowest BCUT2D eigenvalue weighted by atomic mass is 10.00. The van der Waals surface area contributed by atoms with Gasteiger partial charge in [0.1, 0.15) is 0 Å². The van der Waals surface area contributed by atoms with E-state index >= 15 is 0 Å². The molecule has 0 saturated carbocycles. The fourth-order valence-electron chi connectivity index (χ4n) is 3.68. The van der Waals surface area contributed by atoms with Gasteiger partial charge < -0.3 is 10.6 Å². The van der Waals surface area contributed by atoms with E-state index < -0.39 is 10.0 Å². The van der Waals surface area contributed by atoms with Crippen molar-refractivity contribution in [3.8, 4) is 0 Å². The lowest BCUT2D eigenvalue weighted by molar-refractivity contribution is -0.123. The summed E-state index contributed by atoms with van der Waals surface area (Å²) in [5.41, 5.74) is 1.03. The number of nitrogens with zero attached hydrogens (tertiary/aromatic N) is 2. The van der Waals surface area contributed by atoms with Crippen LogP contribution in [-0.4, -0.2) is 74.9 Å². The molecule has 0 aliphatic carbocycles. The number of hydrogen-bond acceptors (Lipinski definition) is 5. The minimum atomic E-state index is -3.46. The highest BCUT2D eigenvalue weighted by atomic mass is 32.2. The van der Waals surface area contributed by atoms with Crippen molar-refractivity contribution in [3.63, 3.8) is 0 Å². The van der Waals surface area contributed by atoms with E-state index in [2.05, 4.69) is 17.6 Å². The molecular weight excluding hydrogens is 364 g/mol. The quantitative estimate of drug-likeness (QED) is 0.763.